The van der Waals surface area contributed by atoms with Gasteiger partial charge < -0.3 is 10.5 Å². The minimum atomic E-state index is -3.54. The molecule has 1 aromatic carbocycles. The van der Waals surface area contributed by atoms with E-state index in [1.807, 2.05) is 44.2 Å². The summed E-state index contributed by atoms with van der Waals surface area (Å²) in [4.78, 5) is 0. The van der Waals surface area contributed by atoms with E-state index in [0.717, 1.165) is 5.56 Å². The van der Waals surface area contributed by atoms with Crippen LogP contribution in [0.3, 0.4) is 0 Å². The van der Waals surface area contributed by atoms with Crippen LogP contribution in [0, 0.1) is 0 Å². The molecule has 7 heteroatoms. The second-order valence-corrected chi connectivity index (χ2v) is 7.62. The average Bonchev–Trinajstić information content (AvgIpc) is 2.47. The van der Waals surface area contributed by atoms with Gasteiger partial charge in [-0.25, -0.2) is 0 Å². The van der Waals surface area contributed by atoms with Gasteiger partial charge in [-0.2, -0.15) is 17.0 Å². The molecule has 1 aliphatic rings. The first kappa shape index (κ1) is 17.4. The Balaban J connectivity index is 2.18. The van der Waals surface area contributed by atoms with Gasteiger partial charge >= 0.3 is 0 Å². The fraction of sp³-hybridized carbons (Fsp3) is 0.600. The molecule has 22 heavy (non-hydrogen) atoms. The van der Waals surface area contributed by atoms with Gasteiger partial charge in [0.25, 0.3) is 10.2 Å². The number of ether oxygens (including phenoxy) is 1. The normalized spacial score (nSPS) is 23.8. The summed E-state index contributed by atoms with van der Waals surface area (Å²) < 4.78 is 34.4. The van der Waals surface area contributed by atoms with E-state index in [0.29, 0.717) is 32.7 Å². The lowest BCUT2D eigenvalue weighted by atomic mass is 10.2. The zero-order valence-corrected chi connectivity index (χ0v) is 14.0. The quantitative estimate of drug-likeness (QED) is 0.838. The van der Waals surface area contributed by atoms with Gasteiger partial charge in [0.15, 0.2) is 0 Å². The summed E-state index contributed by atoms with van der Waals surface area (Å²) in [5.74, 6) is 0. The molecule has 0 amide bonds. The van der Waals surface area contributed by atoms with E-state index in [1.54, 1.807) is 0 Å². The molecule has 1 saturated heterocycles. The van der Waals surface area contributed by atoms with Crippen molar-refractivity contribution in [2.45, 2.75) is 32.6 Å². The number of hydrogen-bond donors (Lipinski definition) is 1. The smallest absolute Gasteiger partial charge is 0.282 e. The molecule has 1 aromatic rings. The first-order chi connectivity index (χ1) is 10.4. The molecule has 0 aromatic heterocycles. The Labute approximate surface area is 133 Å². The maximum Gasteiger partial charge on any atom is 0.282 e. The topological polar surface area (TPSA) is 75.9 Å². The van der Waals surface area contributed by atoms with Crippen LogP contribution in [0.4, 0.5) is 0 Å². The molecule has 0 aliphatic carbocycles. The van der Waals surface area contributed by atoms with Crippen molar-refractivity contribution < 1.29 is 13.2 Å². The van der Waals surface area contributed by atoms with Crippen molar-refractivity contribution >= 4 is 10.2 Å². The van der Waals surface area contributed by atoms with Gasteiger partial charge in [-0.1, -0.05) is 30.3 Å². The molecule has 1 aliphatic heterocycles. The average molecular weight is 327 g/mol. The van der Waals surface area contributed by atoms with Crippen LogP contribution in [-0.4, -0.2) is 55.4 Å². The third-order valence-electron chi connectivity index (χ3n) is 3.62. The molecule has 2 unspecified atom stereocenters. The Hall–Kier alpha value is -0.990. The standard InChI is InChI=1S/C15H25N3O3S/c1-13-10-18(11-14(2)21-13)22(19,20)17(9-8-16)12-15-6-4-3-5-7-15/h3-7,13-14H,8-12,16H2,1-2H3. The van der Waals surface area contributed by atoms with E-state index in [2.05, 4.69) is 0 Å². The van der Waals surface area contributed by atoms with E-state index in [9.17, 15) is 8.42 Å². The van der Waals surface area contributed by atoms with Gasteiger partial charge in [0.2, 0.25) is 0 Å². The van der Waals surface area contributed by atoms with Crippen LogP contribution < -0.4 is 5.73 Å². The summed E-state index contributed by atoms with van der Waals surface area (Å²) in [7, 11) is -3.54. The zero-order valence-electron chi connectivity index (χ0n) is 13.2. The van der Waals surface area contributed by atoms with Gasteiger partial charge in [0.05, 0.1) is 12.2 Å². The minimum absolute atomic E-state index is 0.102. The van der Waals surface area contributed by atoms with Crippen LogP contribution in [0.25, 0.3) is 0 Å². The highest BCUT2D eigenvalue weighted by Gasteiger charge is 2.34. The second kappa shape index (κ2) is 7.52. The molecule has 0 radical (unpaired) electrons. The van der Waals surface area contributed by atoms with Crippen molar-refractivity contribution in [1.29, 1.82) is 0 Å². The maximum atomic E-state index is 12.9. The molecule has 124 valence electrons. The molecular weight excluding hydrogens is 302 g/mol. The minimum Gasteiger partial charge on any atom is -0.373 e. The highest BCUT2D eigenvalue weighted by Crippen LogP contribution is 2.19. The SMILES string of the molecule is CC1CN(S(=O)(=O)N(CCN)Cc2ccccc2)CC(C)O1. The van der Waals surface area contributed by atoms with Gasteiger partial charge in [0.1, 0.15) is 0 Å². The highest BCUT2D eigenvalue weighted by molar-refractivity contribution is 7.86. The number of morpholine rings is 1. The van der Waals surface area contributed by atoms with E-state index in [1.165, 1.54) is 8.61 Å². The summed E-state index contributed by atoms with van der Waals surface area (Å²) in [5.41, 5.74) is 6.57. The Morgan fingerprint density at radius 1 is 1.23 bits per heavy atom. The predicted octanol–water partition coefficient (Wildman–Crippen LogP) is 0.801. The predicted molar refractivity (Wildman–Crippen MR) is 86.4 cm³/mol. The second-order valence-electron chi connectivity index (χ2n) is 5.69. The lowest BCUT2D eigenvalue weighted by molar-refractivity contribution is -0.0455. The van der Waals surface area contributed by atoms with Gasteiger partial charge in [-0.05, 0) is 19.4 Å². The van der Waals surface area contributed by atoms with Crippen molar-refractivity contribution in [3.8, 4) is 0 Å². The molecular formula is C15H25N3O3S. The van der Waals surface area contributed by atoms with Crippen LogP contribution >= 0.6 is 0 Å². The maximum absolute atomic E-state index is 12.9. The van der Waals surface area contributed by atoms with Crippen molar-refractivity contribution in [2.75, 3.05) is 26.2 Å². The fourth-order valence-electron chi connectivity index (χ4n) is 2.69. The molecule has 1 fully saturated rings. The first-order valence-corrected chi connectivity index (χ1v) is 8.98. The van der Waals surface area contributed by atoms with Crippen LogP contribution in [-0.2, 0) is 21.5 Å². The highest BCUT2D eigenvalue weighted by atomic mass is 32.2. The molecule has 2 atom stereocenters. The number of hydrogen-bond acceptors (Lipinski definition) is 4. The fourth-order valence-corrected chi connectivity index (χ4v) is 4.46. The van der Waals surface area contributed by atoms with Gasteiger partial charge in [-0.3, -0.25) is 0 Å². The Morgan fingerprint density at radius 3 is 2.36 bits per heavy atom. The van der Waals surface area contributed by atoms with Gasteiger partial charge in [-0.15, -0.1) is 0 Å². The summed E-state index contributed by atoms with van der Waals surface area (Å²) in [6.07, 6.45) is -0.204. The third-order valence-corrected chi connectivity index (χ3v) is 5.53. The monoisotopic (exact) mass is 327 g/mol. The van der Waals surface area contributed by atoms with Crippen LogP contribution in [0.2, 0.25) is 0 Å². The number of nitrogens with two attached hydrogens (primary N) is 1. The Kier molecular flexibility index (Phi) is 5.94. The largest absolute Gasteiger partial charge is 0.373 e. The van der Waals surface area contributed by atoms with Crippen LogP contribution in [0.5, 0.6) is 0 Å². The lowest BCUT2D eigenvalue weighted by Gasteiger charge is -2.37. The summed E-state index contributed by atoms with van der Waals surface area (Å²) in [6, 6.07) is 9.56. The van der Waals surface area contributed by atoms with Crippen molar-refractivity contribution in [2.24, 2.45) is 5.73 Å². The van der Waals surface area contributed by atoms with E-state index >= 15 is 0 Å². The van der Waals surface area contributed by atoms with E-state index in [-0.39, 0.29) is 12.2 Å². The summed E-state index contributed by atoms with van der Waals surface area (Å²) in [5, 5.41) is 0. The molecule has 2 rings (SSSR count). The van der Waals surface area contributed by atoms with Gasteiger partial charge in [0, 0.05) is 32.7 Å². The Morgan fingerprint density at radius 2 is 1.82 bits per heavy atom. The van der Waals surface area contributed by atoms with E-state index in [4.69, 9.17) is 10.5 Å². The molecule has 1 heterocycles. The van der Waals surface area contributed by atoms with Crippen LogP contribution in [0.15, 0.2) is 30.3 Å². The Bertz CT molecular complexity index is 555. The molecule has 2 N–H and O–H groups in total. The number of benzene rings is 1. The number of rotatable bonds is 6. The first-order valence-electron chi connectivity index (χ1n) is 7.58. The summed E-state index contributed by atoms with van der Waals surface area (Å²) >= 11 is 0. The van der Waals surface area contributed by atoms with Crippen molar-refractivity contribution in [1.82, 2.24) is 8.61 Å². The van der Waals surface area contributed by atoms with Crippen molar-refractivity contribution in [3.63, 3.8) is 0 Å². The molecule has 6 nitrogen and oxygen atoms in total. The zero-order chi connectivity index (χ0) is 16.2. The van der Waals surface area contributed by atoms with Crippen LogP contribution in [0.1, 0.15) is 19.4 Å². The summed E-state index contributed by atoms with van der Waals surface area (Å²) in [6.45, 7) is 5.47. The number of nitrogens with zero attached hydrogens (tertiary/aromatic N) is 2. The molecule has 0 bridgehead atoms. The lowest BCUT2D eigenvalue weighted by Crippen LogP contribution is -2.53. The molecule has 0 saturated carbocycles. The molecule has 0 spiro atoms. The third kappa shape index (κ3) is 4.27. The van der Waals surface area contributed by atoms with E-state index < -0.39 is 10.2 Å². The van der Waals surface area contributed by atoms with Crippen molar-refractivity contribution in [3.05, 3.63) is 35.9 Å².